The van der Waals surface area contributed by atoms with Gasteiger partial charge in [0, 0.05) is 25.5 Å². The molecule has 0 aliphatic rings. The lowest BCUT2D eigenvalue weighted by molar-refractivity contribution is 0.568. The summed E-state index contributed by atoms with van der Waals surface area (Å²) in [6.07, 6.45) is 8.11. The number of nitrogens with one attached hydrogen (secondary N) is 1. The Balaban J connectivity index is 1.61. The third-order valence-corrected chi connectivity index (χ3v) is 3.19. The van der Waals surface area contributed by atoms with Gasteiger partial charge in [-0.1, -0.05) is 29.3 Å². The molecule has 0 aliphatic heterocycles. The van der Waals surface area contributed by atoms with Gasteiger partial charge in [-0.3, -0.25) is 0 Å². The van der Waals surface area contributed by atoms with Crippen molar-refractivity contribution in [3.05, 3.63) is 53.6 Å². The van der Waals surface area contributed by atoms with Crippen LogP contribution < -0.4 is 5.32 Å². The number of imidazole rings is 1. The Bertz CT molecular complexity index is 468. The second-order valence-electron chi connectivity index (χ2n) is 5.18. The average molecular weight is 257 g/mol. The number of unbranched alkanes of at least 4 members (excludes halogenated alkanes) is 1. The van der Waals surface area contributed by atoms with Crippen molar-refractivity contribution in [2.24, 2.45) is 0 Å². The first-order chi connectivity index (χ1) is 9.24. The van der Waals surface area contributed by atoms with Gasteiger partial charge in [0.15, 0.2) is 0 Å². The maximum Gasteiger partial charge on any atom is 0.0945 e. The largest absolute Gasteiger partial charge is 0.337 e. The molecule has 1 aromatic carbocycles. The van der Waals surface area contributed by atoms with Crippen molar-refractivity contribution in [2.45, 2.75) is 39.8 Å². The molecule has 19 heavy (non-hydrogen) atoms. The lowest BCUT2D eigenvalue weighted by Gasteiger charge is -2.07. The summed E-state index contributed by atoms with van der Waals surface area (Å²) in [5, 5.41) is 3.51. The van der Waals surface area contributed by atoms with E-state index in [-0.39, 0.29) is 0 Å². The molecule has 3 heteroatoms. The third-order valence-electron chi connectivity index (χ3n) is 3.19. The Morgan fingerprint density at radius 1 is 1.11 bits per heavy atom. The van der Waals surface area contributed by atoms with E-state index in [0.29, 0.717) is 0 Å². The normalized spacial score (nSPS) is 10.8. The Kier molecular flexibility index (Phi) is 5.16. The predicted octanol–water partition coefficient (Wildman–Crippen LogP) is 3.07. The minimum atomic E-state index is 0.966. The maximum absolute atomic E-state index is 4.04. The van der Waals surface area contributed by atoms with Crippen LogP contribution in [0, 0.1) is 13.8 Å². The predicted molar refractivity (Wildman–Crippen MR) is 79.1 cm³/mol. The lowest BCUT2D eigenvalue weighted by atomic mass is 10.1. The van der Waals surface area contributed by atoms with Crippen LogP contribution in [0.2, 0.25) is 0 Å². The molecule has 2 aromatic rings. The first-order valence-corrected chi connectivity index (χ1v) is 6.98. The molecular formula is C16H23N3. The Labute approximate surface area is 115 Å². The molecule has 0 unspecified atom stereocenters. The molecule has 0 radical (unpaired) electrons. The second kappa shape index (κ2) is 7.10. The molecule has 2 rings (SSSR count). The van der Waals surface area contributed by atoms with Crippen LogP contribution in [0.25, 0.3) is 0 Å². The summed E-state index contributed by atoms with van der Waals surface area (Å²) in [5.74, 6) is 0. The fourth-order valence-electron chi connectivity index (χ4n) is 2.37. The zero-order chi connectivity index (χ0) is 13.5. The van der Waals surface area contributed by atoms with Gasteiger partial charge >= 0.3 is 0 Å². The first kappa shape index (κ1) is 13.8. The van der Waals surface area contributed by atoms with Gasteiger partial charge in [0.05, 0.1) is 6.33 Å². The summed E-state index contributed by atoms with van der Waals surface area (Å²) in [7, 11) is 0. The van der Waals surface area contributed by atoms with Crippen LogP contribution in [0.3, 0.4) is 0 Å². The highest BCUT2D eigenvalue weighted by atomic mass is 15.0. The van der Waals surface area contributed by atoms with Crippen LogP contribution in [0.15, 0.2) is 36.9 Å². The SMILES string of the molecule is Cc1cc(C)cc(CNCCCCn2ccnc2)c1. The Hall–Kier alpha value is -1.61. The summed E-state index contributed by atoms with van der Waals surface area (Å²) >= 11 is 0. The fourth-order valence-corrected chi connectivity index (χ4v) is 2.37. The number of benzene rings is 1. The first-order valence-electron chi connectivity index (χ1n) is 6.98. The molecule has 1 heterocycles. The van der Waals surface area contributed by atoms with Crippen LogP contribution in [0.5, 0.6) is 0 Å². The molecule has 0 atom stereocenters. The Morgan fingerprint density at radius 3 is 2.58 bits per heavy atom. The summed E-state index contributed by atoms with van der Waals surface area (Å²) in [4.78, 5) is 4.04. The number of nitrogens with zero attached hydrogens (tertiary/aromatic N) is 2. The lowest BCUT2D eigenvalue weighted by Crippen LogP contribution is -2.15. The summed E-state index contributed by atoms with van der Waals surface area (Å²) in [6.45, 7) is 7.41. The number of rotatable bonds is 7. The van der Waals surface area contributed by atoms with Crippen molar-refractivity contribution < 1.29 is 0 Å². The standard InChI is InChI=1S/C16H23N3/c1-14-9-15(2)11-16(10-14)12-17-5-3-4-7-19-8-6-18-13-19/h6,8-11,13,17H,3-5,7,12H2,1-2H3. The molecule has 0 amide bonds. The van der Waals surface area contributed by atoms with E-state index in [1.807, 2.05) is 18.7 Å². The number of aryl methyl sites for hydroxylation is 3. The molecule has 0 fully saturated rings. The minimum Gasteiger partial charge on any atom is -0.337 e. The summed E-state index contributed by atoms with van der Waals surface area (Å²) < 4.78 is 2.13. The molecule has 1 N–H and O–H groups in total. The molecule has 0 saturated carbocycles. The molecular weight excluding hydrogens is 234 g/mol. The van der Waals surface area contributed by atoms with Crippen LogP contribution >= 0.6 is 0 Å². The van der Waals surface area contributed by atoms with Gasteiger partial charge in [-0.2, -0.15) is 0 Å². The van der Waals surface area contributed by atoms with Crippen LogP contribution in [0.1, 0.15) is 29.5 Å². The summed E-state index contributed by atoms with van der Waals surface area (Å²) in [6, 6.07) is 6.73. The van der Waals surface area contributed by atoms with Crippen LogP contribution in [-0.4, -0.2) is 16.1 Å². The molecule has 1 aromatic heterocycles. The third kappa shape index (κ3) is 4.87. The van der Waals surface area contributed by atoms with E-state index in [1.54, 1.807) is 0 Å². The van der Waals surface area contributed by atoms with Gasteiger partial charge in [-0.05, 0) is 38.8 Å². The topological polar surface area (TPSA) is 29.9 Å². The maximum atomic E-state index is 4.04. The average Bonchev–Trinajstić information content (AvgIpc) is 2.85. The number of hydrogen-bond acceptors (Lipinski definition) is 2. The van der Waals surface area contributed by atoms with E-state index >= 15 is 0 Å². The van der Waals surface area contributed by atoms with Gasteiger partial charge in [0.25, 0.3) is 0 Å². The highest BCUT2D eigenvalue weighted by Crippen LogP contribution is 2.08. The van der Waals surface area contributed by atoms with Gasteiger partial charge in [0.2, 0.25) is 0 Å². The van der Waals surface area contributed by atoms with E-state index in [0.717, 1.165) is 19.6 Å². The van der Waals surface area contributed by atoms with Crippen molar-refractivity contribution in [1.29, 1.82) is 0 Å². The quantitative estimate of drug-likeness (QED) is 0.773. The minimum absolute atomic E-state index is 0.966. The zero-order valence-corrected chi connectivity index (χ0v) is 11.9. The molecule has 0 saturated heterocycles. The molecule has 3 nitrogen and oxygen atoms in total. The number of hydrogen-bond donors (Lipinski definition) is 1. The van der Waals surface area contributed by atoms with Gasteiger partial charge < -0.3 is 9.88 Å². The zero-order valence-electron chi connectivity index (χ0n) is 11.9. The highest BCUT2D eigenvalue weighted by Gasteiger charge is 1.96. The smallest absolute Gasteiger partial charge is 0.0945 e. The van der Waals surface area contributed by atoms with E-state index in [9.17, 15) is 0 Å². The van der Waals surface area contributed by atoms with Crippen LogP contribution in [0.4, 0.5) is 0 Å². The molecule has 0 spiro atoms. The van der Waals surface area contributed by atoms with E-state index in [2.05, 4.69) is 46.9 Å². The van der Waals surface area contributed by atoms with Gasteiger partial charge in [0.1, 0.15) is 0 Å². The van der Waals surface area contributed by atoms with Crippen molar-refractivity contribution in [1.82, 2.24) is 14.9 Å². The summed E-state index contributed by atoms with van der Waals surface area (Å²) in [5.41, 5.74) is 4.07. The second-order valence-corrected chi connectivity index (χ2v) is 5.18. The van der Waals surface area contributed by atoms with Crippen molar-refractivity contribution in [3.63, 3.8) is 0 Å². The highest BCUT2D eigenvalue weighted by molar-refractivity contribution is 5.28. The fraction of sp³-hybridized carbons (Fsp3) is 0.438. The van der Waals surface area contributed by atoms with E-state index in [4.69, 9.17) is 0 Å². The Morgan fingerprint density at radius 2 is 1.89 bits per heavy atom. The molecule has 102 valence electrons. The van der Waals surface area contributed by atoms with Gasteiger partial charge in [-0.25, -0.2) is 4.98 Å². The number of aromatic nitrogens is 2. The van der Waals surface area contributed by atoms with Crippen molar-refractivity contribution in [2.75, 3.05) is 6.54 Å². The van der Waals surface area contributed by atoms with Crippen molar-refractivity contribution in [3.8, 4) is 0 Å². The monoisotopic (exact) mass is 257 g/mol. The van der Waals surface area contributed by atoms with Crippen molar-refractivity contribution >= 4 is 0 Å². The van der Waals surface area contributed by atoms with E-state index in [1.165, 1.54) is 29.5 Å². The van der Waals surface area contributed by atoms with E-state index < -0.39 is 0 Å². The van der Waals surface area contributed by atoms with Gasteiger partial charge in [-0.15, -0.1) is 0 Å². The molecule has 0 bridgehead atoms. The van der Waals surface area contributed by atoms with Crippen LogP contribution in [-0.2, 0) is 13.1 Å². The molecule has 0 aliphatic carbocycles.